The molecule has 0 spiro atoms. The first kappa shape index (κ1) is 13.3. The molecule has 5 nitrogen and oxygen atoms in total. The molecule has 1 aromatic heterocycles. The van der Waals surface area contributed by atoms with Crippen molar-refractivity contribution in [2.75, 3.05) is 0 Å². The lowest BCUT2D eigenvalue weighted by Gasteiger charge is -2.02. The van der Waals surface area contributed by atoms with Gasteiger partial charge in [0, 0.05) is 5.56 Å². The van der Waals surface area contributed by atoms with Crippen LogP contribution >= 0.6 is 11.3 Å². The minimum atomic E-state index is -0.294. The van der Waals surface area contributed by atoms with E-state index in [1.807, 2.05) is 30.3 Å². The molecular formula is C15H12N4OS. The Hall–Kier alpha value is -2.73. The number of aliphatic imine (C=N–C) groups is 1. The van der Waals surface area contributed by atoms with Gasteiger partial charge in [0.2, 0.25) is 11.1 Å². The molecule has 3 aromatic rings. The lowest BCUT2D eigenvalue weighted by atomic mass is 10.2. The van der Waals surface area contributed by atoms with E-state index in [0.29, 0.717) is 10.7 Å². The summed E-state index contributed by atoms with van der Waals surface area (Å²) in [6.07, 6.45) is 0. The van der Waals surface area contributed by atoms with Gasteiger partial charge in [0.1, 0.15) is 0 Å². The summed E-state index contributed by atoms with van der Waals surface area (Å²) in [4.78, 5) is 20.4. The SMILES string of the molecule is N/C(=N\c1nc2ccccc2s1)NC(=O)c1ccccc1. The average molecular weight is 296 g/mol. The number of carbonyl (C=O) groups excluding carboxylic acids is 1. The second kappa shape index (κ2) is 5.72. The summed E-state index contributed by atoms with van der Waals surface area (Å²) in [6.45, 7) is 0. The van der Waals surface area contributed by atoms with E-state index in [9.17, 15) is 4.79 Å². The van der Waals surface area contributed by atoms with E-state index in [1.165, 1.54) is 11.3 Å². The summed E-state index contributed by atoms with van der Waals surface area (Å²) in [5.41, 5.74) is 7.14. The number of thiazole rings is 1. The van der Waals surface area contributed by atoms with E-state index in [0.717, 1.165) is 10.2 Å². The standard InChI is InChI=1S/C15H12N4OS/c16-14(18-13(20)10-6-2-1-3-7-10)19-15-17-11-8-4-5-9-12(11)21-15/h1-9H,(H3,16,17,18,19,20). The highest BCUT2D eigenvalue weighted by Crippen LogP contribution is 2.27. The van der Waals surface area contributed by atoms with Crippen LogP contribution in [-0.4, -0.2) is 16.9 Å². The summed E-state index contributed by atoms with van der Waals surface area (Å²) in [6, 6.07) is 16.6. The first-order chi connectivity index (χ1) is 10.2. The third kappa shape index (κ3) is 3.06. The quantitative estimate of drug-likeness (QED) is 0.563. The van der Waals surface area contributed by atoms with E-state index in [-0.39, 0.29) is 11.9 Å². The number of hydrogen-bond acceptors (Lipinski definition) is 4. The van der Waals surface area contributed by atoms with Crippen molar-refractivity contribution in [2.45, 2.75) is 0 Å². The number of nitrogens with zero attached hydrogens (tertiary/aromatic N) is 2. The average Bonchev–Trinajstić information content (AvgIpc) is 2.90. The summed E-state index contributed by atoms with van der Waals surface area (Å²) < 4.78 is 1.03. The molecule has 3 N–H and O–H groups in total. The number of nitrogens with one attached hydrogen (secondary N) is 1. The van der Waals surface area contributed by atoms with E-state index in [2.05, 4.69) is 15.3 Å². The van der Waals surface area contributed by atoms with Gasteiger partial charge >= 0.3 is 0 Å². The van der Waals surface area contributed by atoms with Crippen molar-refractivity contribution >= 4 is 38.6 Å². The minimum Gasteiger partial charge on any atom is -0.369 e. The summed E-state index contributed by atoms with van der Waals surface area (Å²) in [5.74, 6) is -0.263. The van der Waals surface area contributed by atoms with Gasteiger partial charge in [0.15, 0.2) is 0 Å². The van der Waals surface area contributed by atoms with Crippen molar-refractivity contribution in [3.8, 4) is 0 Å². The number of rotatable bonds is 2. The van der Waals surface area contributed by atoms with Gasteiger partial charge in [-0.15, -0.1) is 0 Å². The van der Waals surface area contributed by atoms with Crippen LogP contribution in [0, 0.1) is 0 Å². The number of carbonyl (C=O) groups is 1. The first-order valence-corrected chi connectivity index (χ1v) is 7.10. The molecule has 0 atom stereocenters. The minimum absolute atomic E-state index is 0.0305. The molecule has 21 heavy (non-hydrogen) atoms. The van der Waals surface area contributed by atoms with Crippen LogP contribution in [0.2, 0.25) is 0 Å². The molecule has 0 aliphatic heterocycles. The molecular weight excluding hydrogens is 284 g/mol. The Morgan fingerprint density at radius 1 is 1.10 bits per heavy atom. The molecule has 0 bridgehead atoms. The maximum atomic E-state index is 11.9. The fourth-order valence-electron chi connectivity index (χ4n) is 1.82. The van der Waals surface area contributed by atoms with E-state index >= 15 is 0 Å². The van der Waals surface area contributed by atoms with Crippen LogP contribution < -0.4 is 11.1 Å². The zero-order valence-corrected chi connectivity index (χ0v) is 11.8. The molecule has 0 radical (unpaired) electrons. The number of fused-ring (bicyclic) bond motifs is 1. The Balaban J connectivity index is 1.78. The van der Waals surface area contributed by atoms with Gasteiger partial charge in [-0.25, -0.2) is 4.98 Å². The van der Waals surface area contributed by atoms with Crippen molar-refractivity contribution < 1.29 is 4.79 Å². The number of guanidine groups is 1. The van der Waals surface area contributed by atoms with Crippen molar-refractivity contribution in [1.82, 2.24) is 10.3 Å². The van der Waals surface area contributed by atoms with E-state index in [4.69, 9.17) is 5.73 Å². The van der Waals surface area contributed by atoms with Gasteiger partial charge in [-0.1, -0.05) is 41.7 Å². The highest BCUT2D eigenvalue weighted by molar-refractivity contribution is 7.22. The van der Waals surface area contributed by atoms with Crippen LogP contribution in [0.4, 0.5) is 5.13 Å². The Labute approximate surface area is 125 Å². The van der Waals surface area contributed by atoms with E-state index in [1.54, 1.807) is 24.3 Å². The number of nitrogens with two attached hydrogens (primary N) is 1. The van der Waals surface area contributed by atoms with Crippen LogP contribution in [0.25, 0.3) is 10.2 Å². The molecule has 1 heterocycles. The molecule has 2 aromatic carbocycles. The fraction of sp³-hybridized carbons (Fsp3) is 0. The van der Waals surface area contributed by atoms with Crippen LogP contribution in [0.1, 0.15) is 10.4 Å². The van der Waals surface area contributed by atoms with Gasteiger partial charge in [0.25, 0.3) is 5.91 Å². The molecule has 104 valence electrons. The Bertz CT molecular complexity index is 778. The first-order valence-electron chi connectivity index (χ1n) is 6.28. The van der Waals surface area contributed by atoms with Crippen molar-refractivity contribution in [1.29, 1.82) is 0 Å². The third-order valence-electron chi connectivity index (χ3n) is 2.78. The zero-order valence-electron chi connectivity index (χ0n) is 11.0. The van der Waals surface area contributed by atoms with Crippen molar-refractivity contribution in [3.63, 3.8) is 0 Å². The van der Waals surface area contributed by atoms with Crippen molar-refractivity contribution in [3.05, 3.63) is 60.2 Å². The molecule has 0 unspecified atom stereocenters. The van der Waals surface area contributed by atoms with Crippen LogP contribution in [0.5, 0.6) is 0 Å². The number of amides is 1. The lowest BCUT2D eigenvalue weighted by molar-refractivity contribution is 0.0976. The lowest BCUT2D eigenvalue weighted by Crippen LogP contribution is -2.36. The largest absolute Gasteiger partial charge is 0.369 e. The predicted molar refractivity (Wildman–Crippen MR) is 84.8 cm³/mol. The molecule has 0 saturated heterocycles. The Morgan fingerprint density at radius 3 is 2.57 bits per heavy atom. The number of aromatic nitrogens is 1. The molecule has 1 amide bonds. The molecule has 0 saturated carbocycles. The smallest absolute Gasteiger partial charge is 0.257 e. The second-order valence-corrected chi connectivity index (χ2v) is 5.29. The van der Waals surface area contributed by atoms with Gasteiger partial charge in [0.05, 0.1) is 10.2 Å². The van der Waals surface area contributed by atoms with Gasteiger partial charge < -0.3 is 5.73 Å². The summed E-state index contributed by atoms with van der Waals surface area (Å²) in [7, 11) is 0. The third-order valence-corrected chi connectivity index (χ3v) is 3.71. The molecule has 0 fully saturated rings. The Morgan fingerprint density at radius 2 is 1.81 bits per heavy atom. The normalized spacial score (nSPS) is 11.5. The van der Waals surface area contributed by atoms with Gasteiger partial charge in [-0.05, 0) is 24.3 Å². The predicted octanol–water partition coefficient (Wildman–Crippen LogP) is 2.67. The number of hydrogen-bond donors (Lipinski definition) is 2. The zero-order chi connectivity index (χ0) is 14.7. The van der Waals surface area contributed by atoms with Crippen molar-refractivity contribution in [2.24, 2.45) is 10.7 Å². The molecule has 0 aliphatic rings. The maximum absolute atomic E-state index is 11.9. The monoisotopic (exact) mass is 296 g/mol. The number of para-hydroxylation sites is 1. The van der Waals surface area contributed by atoms with E-state index < -0.39 is 0 Å². The topological polar surface area (TPSA) is 80.4 Å². The highest BCUT2D eigenvalue weighted by atomic mass is 32.1. The molecule has 3 rings (SSSR count). The van der Waals surface area contributed by atoms with Gasteiger partial charge in [-0.2, -0.15) is 4.99 Å². The Kier molecular flexibility index (Phi) is 3.61. The summed E-state index contributed by atoms with van der Waals surface area (Å²) in [5, 5.41) is 3.06. The van der Waals surface area contributed by atoms with Gasteiger partial charge in [-0.3, -0.25) is 10.1 Å². The second-order valence-electron chi connectivity index (χ2n) is 4.28. The van der Waals surface area contributed by atoms with Crippen LogP contribution in [-0.2, 0) is 0 Å². The fourth-order valence-corrected chi connectivity index (χ4v) is 2.67. The molecule has 6 heteroatoms. The summed E-state index contributed by atoms with van der Waals surface area (Å²) >= 11 is 1.42. The highest BCUT2D eigenvalue weighted by Gasteiger charge is 2.07. The molecule has 0 aliphatic carbocycles. The van der Waals surface area contributed by atoms with Crippen LogP contribution in [0.3, 0.4) is 0 Å². The van der Waals surface area contributed by atoms with Crippen LogP contribution in [0.15, 0.2) is 59.6 Å². The number of benzene rings is 2. The maximum Gasteiger partial charge on any atom is 0.257 e.